The summed E-state index contributed by atoms with van der Waals surface area (Å²) in [4.78, 5) is 0. The van der Waals surface area contributed by atoms with Gasteiger partial charge in [-0.1, -0.05) is 117 Å². The highest BCUT2D eigenvalue weighted by Gasteiger charge is 2.24. The van der Waals surface area contributed by atoms with Crippen molar-refractivity contribution >= 4 is 0 Å². The molecule has 0 bridgehead atoms. The average Bonchev–Trinajstić information content (AvgIpc) is 2.68. The normalized spacial score (nSPS) is 11.3. The standard InChI is InChI=1S/C17H36.C6H14O3/c1-3-5-7-9-11-13-15-17-16-14-12-10-8-6-4-2;1-2-6(3-7,4-8)5-9/h3-17H2,1-2H3;7-9H,2-5H2,1H3. The molecule has 0 aliphatic carbocycles. The van der Waals surface area contributed by atoms with Gasteiger partial charge in [0, 0.05) is 5.41 Å². The zero-order valence-electron chi connectivity index (χ0n) is 18.3. The lowest BCUT2D eigenvalue weighted by atomic mass is 9.88. The highest BCUT2D eigenvalue weighted by molar-refractivity contribution is 4.74. The number of aliphatic hydroxyl groups is 3. The minimum atomic E-state index is -0.667. The zero-order chi connectivity index (χ0) is 19.9. The Hall–Kier alpha value is -0.120. The third-order valence-corrected chi connectivity index (χ3v) is 5.46. The molecule has 0 spiro atoms. The van der Waals surface area contributed by atoms with Crippen LogP contribution in [0.15, 0.2) is 0 Å². The lowest BCUT2D eigenvalue weighted by Gasteiger charge is -2.24. The molecule has 3 N–H and O–H groups in total. The summed E-state index contributed by atoms with van der Waals surface area (Å²) in [5.74, 6) is 0. The molecular weight excluding hydrogens is 324 g/mol. The van der Waals surface area contributed by atoms with E-state index < -0.39 is 5.41 Å². The van der Waals surface area contributed by atoms with Crippen molar-refractivity contribution in [1.29, 1.82) is 0 Å². The van der Waals surface area contributed by atoms with Crippen molar-refractivity contribution < 1.29 is 15.3 Å². The van der Waals surface area contributed by atoms with Gasteiger partial charge in [-0.05, 0) is 6.42 Å². The molecule has 0 heterocycles. The van der Waals surface area contributed by atoms with Crippen molar-refractivity contribution in [2.45, 2.75) is 124 Å². The zero-order valence-corrected chi connectivity index (χ0v) is 18.3. The smallest absolute Gasteiger partial charge is 0.0531 e. The van der Waals surface area contributed by atoms with Crippen LogP contribution >= 0.6 is 0 Å². The van der Waals surface area contributed by atoms with Crippen LogP contribution in [0.3, 0.4) is 0 Å². The van der Waals surface area contributed by atoms with E-state index in [0.717, 1.165) is 0 Å². The van der Waals surface area contributed by atoms with Crippen molar-refractivity contribution in [3.63, 3.8) is 0 Å². The van der Waals surface area contributed by atoms with Gasteiger partial charge in [0.1, 0.15) is 0 Å². The van der Waals surface area contributed by atoms with E-state index in [1.807, 2.05) is 6.92 Å². The maximum Gasteiger partial charge on any atom is 0.0531 e. The topological polar surface area (TPSA) is 60.7 Å². The summed E-state index contributed by atoms with van der Waals surface area (Å²) in [6.45, 7) is 5.94. The largest absolute Gasteiger partial charge is 0.396 e. The van der Waals surface area contributed by atoms with Gasteiger partial charge in [0.25, 0.3) is 0 Å². The predicted molar refractivity (Wildman–Crippen MR) is 115 cm³/mol. The summed E-state index contributed by atoms with van der Waals surface area (Å²) in [6, 6.07) is 0. The molecule has 0 aliphatic rings. The van der Waals surface area contributed by atoms with Gasteiger partial charge in [-0.2, -0.15) is 0 Å². The minimum Gasteiger partial charge on any atom is -0.396 e. The van der Waals surface area contributed by atoms with E-state index in [-0.39, 0.29) is 19.8 Å². The molecule has 0 rings (SSSR count). The van der Waals surface area contributed by atoms with Crippen molar-refractivity contribution in [2.24, 2.45) is 5.41 Å². The molecule has 0 radical (unpaired) electrons. The van der Waals surface area contributed by atoms with Gasteiger partial charge in [0.05, 0.1) is 19.8 Å². The van der Waals surface area contributed by atoms with E-state index in [1.54, 1.807) is 0 Å². The van der Waals surface area contributed by atoms with E-state index >= 15 is 0 Å². The Morgan fingerprint density at radius 1 is 0.423 bits per heavy atom. The van der Waals surface area contributed by atoms with E-state index in [9.17, 15) is 0 Å². The molecule has 0 fully saturated rings. The van der Waals surface area contributed by atoms with Gasteiger partial charge in [-0.25, -0.2) is 0 Å². The molecule has 0 unspecified atom stereocenters. The summed E-state index contributed by atoms with van der Waals surface area (Å²) in [5, 5.41) is 26.0. The van der Waals surface area contributed by atoms with E-state index in [4.69, 9.17) is 15.3 Å². The third kappa shape index (κ3) is 18.7. The Morgan fingerprint density at radius 3 is 0.769 bits per heavy atom. The van der Waals surface area contributed by atoms with Crippen LogP contribution in [-0.4, -0.2) is 35.1 Å². The lowest BCUT2D eigenvalue weighted by molar-refractivity contribution is 0.00304. The van der Waals surface area contributed by atoms with Crippen LogP contribution in [-0.2, 0) is 0 Å². The first-order valence-electron chi connectivity index (χ1n) is 11.5. The summed E-state index contributed by atoms with van der Waals surface area (Å²) in [5.41, 5.74) is -0.667. The molecule has 0 saturated carbocycles. The second-order valence-corrected chi connectivity index (χ2v) is 7.92. The number of unbranched alkanes of at least 4 members (excludes halogenated alkanes) is 14. The molecule has 3 nitrogen and oxygen atoms in total. The lowest BCUT2D eigenvalue weighted by Crippen LogP contribution is -2.32. The van der Waals surface area contributed by atoms with E-state index in [1.165, 1.54) is 96.3 Å². The van der Waals surface area contributed by atoms with Gasteiger partial charge in [-0.3, -0.25) is 0 Å². The second kappa shape index (κ2) is 22.9. The maximum atomic E-state index is 8.66. The summed E-state index contributed by atoms with van der Waals surface area (Å²) in [6.07, 6.45) is 22.5. The number of rotatable bonds is 18. The Balaban J connectivity index is 0. The highest BCUT2D eigenvalue weighted by atomic mass is 16.3. The molecule has 0 atom stereocenters. The molecule has 0 amide bonds. The fraction of sp³-hybridized carbons (Fsp3) is 1.00. The molecule has 26 heavy (non-hydrogen) atoms. The van der Waals surface area contributed by atoms with Gasteiger partial charge in [-0.15, -0.1) is 0 Å². The first-order valence-corrected chi connectivity index (χ1v) is 11.5. The Bertz CT molecular complexity index is 208. The highest BCUT2D eigenvalue weighted by Crippen LogP contribution is 2.18. The Morgan fingerprint density at radius 2 is 0.654 bits per heavy atom. The SMILES string of the molecule is CCC(CO)(CO)CO.CCCCCCCCCCCCCCCCC. The van der Waals surface area contributed by atoms with Crippen molar-refractivity contribution in [3.8, 4) is 0 Å². The molecule has 0 aromatic rings. The molecule has 0 aliphatic heterocycles. The van der Waals surface area contributed by atoms with Crippen LogP contribution in [0, 0.1) is 5.41 Å². The second-order valence-electron chi connectivity index (χ2n) is 7.92. The van der Waals surface area contributed by atoms with E-state index in [2.05, 4.69) is 13.8 Å². The van der Waals surface area contributed by atoms with Crippen molar-refractivity contribution in [1.82, 2.24) is 0 Å². The van der Waals surface area contributed by atoms with Crippen LogP contribution < -0.4 is 0 Å². The number of hydrogen-bond donors (Lipinski definition) is 3. The predicted octanol–water partition coefficient (Wildman–Crippen LogP) is 6.24. The molecular formula is C23H50O3. The molecule has 0 saturated heterocycles. The van der Waals surface area contributed by atoms with Crippen molar-refractivity contribution in [2.75, 3.05) is 19.8 Å². The van der Waals surface area contributed by atoms with Gasteiger partial charge in [0.15, 0.2) is 0 Å². The van der Waals surface area contributed by atoms with Gasteiger partial charge >= 0.3 is 0 Å². The summed E-state index contributed by atoms with van der Waals surface area (Å²) >= 11 is 0. The van der Waals surface area contributed by atoms with E-state index in [0.29, 0.717) is 6.42 Å². The van der Waals surface area contributed by atoms with Gasteiger partial charge in [0.2, 0.25) is 0 Å². The number of aliphatic hydroxyl groups excluding tert-OH is 3. The first kappa shape index (κ1) is 28.1. The van der Waals surface area contributed by atoms with Crippen LogP contribution in [0.1, 0.15) is 124 Å². The van der Waals surface area contributed by atoms with Crippen LogP contribution in [0.2, 0.25) is 0 Å². The summed E-state index contributed by atoms with van der Waals surface area (Å²) in [7, 11) is 0. The number of hydrogen-bond acceptors (Lipinski definition) is 3. The quantitative estimate of drug-likeness (QED) is 0.249. The first-order chi connectivity index (χ1) is 12.7. The van der Waals surface area contributed by atoms with Crippen molar-refractivity contribution in [3.05, 3.63) is 0 Å². The molecule has 160 valence electrons. The van der Waals surface area contributed by atoms with Gasteiger partial charge < -0.3 is 15.3 Å². The fourth-order valence-electron chi connectivity index (χ4n) is 2.93. The molecule has 3 heteroatoms. The Labute approximate surface area is 164 Å². The third-order valence-electron chi connectivity index (χ3n) is 5.46. The Kier molecular flexibility index (Phi) is 24.8. The minimum absolute atomic E-state index is 0.156. The van der Waals surface area contributed by atoms with Crippen LogP contribution in [0.5, 0.6) is 0 Å². The maximum absolute atomic E-state index is 8.66. The molecule has 0 aromatic heterocycles. The average molecular weight is 375 g/mol. The van der Waals surface area contributed by atoms with Crippen LogP contribution in [0.25, 0.3) is 0 Å². The fourth-order valence-corrected chi connectivity index (χ4v) is 2.93. The summed E-state index contributed by atoms with van der Waals surface area (Å²) < 4.78 is 0. The monoisotopic (exact) mass is 374 g/mol. The van der Waals surface area contributed by atoms with Crippen LogP contribution in [0.4, 0.5) is 0 Å². The molecule has 0 aromatic carbocycles.